The summed E-state index contributed by atoms with van der Waals surface area (Å²) < 4.78 is 21.0. The molecule has 5 heterocycles. The van der Waals surface area contributed by atoms with Crippen LogP contribution in [-0.4, -0.2) is 67.2 Å². The van der Waals surface area contributed by atoms with Crippen LogP contribution in [0.25, 0.3) is 21.6 Å². The minimum atomic E-state index is -0.772. The van der Waals surface area contributed by atoms with E-state index in [4.69, 9.17) is 41.5 Å². The number of rotatable bonds is 5. The number of hydrogen-bond acceptors (Lipinski definition) is 9. The first-order valence-electron chi connectivity index (χ1n) is 15.7. The molecule has 2 N–H and O–H groups in total. The number of halogens is 1. The summed E-state index contributed by atoms with van der Waals surface area (Å²) in [5.74, 6) is -0.442. The summed E-state index contributed by atoms with van der Waals surface area (Å²) >= 11 is 7.98. The lowest BCUT2D eigenvalue weighted by molar-refractivity contribution is -0.158. The molecule has 4 atom stereocenters. The Labute approximate surface area is 277 Å². The number of nitrogens with zero attached hydrogens (tertiary/aromatic N) is 5. The molecular formula is C34H39ClN6O4S. The second-order valence-electron chi connectivity index (χ2n) is 13.8. The van der Waals surface area contributed by atoms with E-state index in [0.29, 0.717) is 24.6 Å². The van der Waals surface area contributed by atoms with Gasteiger partial charge < -0.3 is 29.4 Å². The Morgan fingerprint density at radius 2 is 1.91 bits per heavy atom. The maximum atomic E-state index is 13.0. The van der Waals surface area contributed by atoms with Crippen molar-refractivity contribution in [2.24, 2.45) is 5.92 Å². The minimum Gasteiger partial charge on any atom is -0.444 e. The van der Waals surface area contributed by atoms with E-state index < -0.39 is 11.4 Å². The second kappa shape index (κ2) is 11.6. The summed E-state index contributed by atoms with van der Waals surface area (Å²) in [4.78, 5) is 28.8. The Balaban J connectivity index is 1.24. The lowest BCUT2D eigenvalue weighted by Crippen LogP contribution is -2.41. The lowest BCUT2D eigenvalue weighted by Gasteiger charge is -2.33. The third-order valence-electron chi connectivity index (χ3n) is 8.78. The molecular weight excluding hydrogens is 624 g/mol. The fourth-order valence-corrected chi connectivity index (χ4v) is 8.00. The fraction of sp³-hybridized carbons (Fsp3) is 0.471. The van der Waals surface area contributed by atoms with Crippen LogP contribution < -0.4 is 5.73 Å². The molecule has 10 nitrogen and oxygen atoms in total. The van der Waals surface area contributed by atoms with Gasteiger partial charge in [-0.2, -0.15) is 4.98 Å². The Morgan fingerprint density at radius 3 is 2.67 bits per heavy atom. The molecule has 0 spiro atoms. The van der Waals surface area contributed by atoms with Crippen molar-refractivity contribution in [3.8, 4) is 10.6 Å². The molecule has 0 radical (unpaired) electrons. The Kier molecular flexibility index (Phi) is 7.86. The van der Waals surface area contributed by atoms with E-state index in [9.17, 15) is 4.79 Å². The SMILES string of the molecule is CC(C)(C)OC(=O)N1CCC=C([C@H]2C[C@@H](n3cc(-c4nc(Cc5ccccc5)cs4)c4c(N)nc(Cl)nc43)[C@@H]3OC(C)(C)O[C@@H]32)C1. The Morgan fingerprint density at radius 1 is 1.15 bits per heavy atom. The molecule has 1 amide bonds. The number of anilines is 1. The van der Waals surface area contributed by atoms with Crippen molar-refractivity contribution in [3.05, 3.63) is 70.1 Å². The molecule has 46 heavy (non-hydrogen) atoms. The number of ether oxygens (including phenoxy) is 3. The molecule has 1 saturated heterocycles. The van der Waals surface area contributed by atoms with Gasteiger partial charge in [0, 0.05) is 42.6 Å². The first kappa shape index (κ1) is 31.1. The van der Waals surface area contributed by atoms with Gasteiger partial charge in [-0.3, -0.25) is 0 Å². The number of aromatic nitrogens is 4. The standard InChI is InChI=1S/C34H39ClN6O4S/c1-33(2,3)45-32(42)40-13-9-12-20(16-40)22-15-24(27-26(22)43-34(4,5)44-27)41-17-23(25-28(36)38-31(35)39-29(25)41)30-37-21(18-46-30)14-19-10-7-6-8-11-19/h6-8,10-12,17-18,22,24,26-27H,9,13-16H2,1-5H3,(H2,36,38,39)/t22-,24-,26-,27+/m1/s1. The topological polar surface area (TPSA) is 118 Å². The number of hydrogen-bond donors (Lipinski definition) is 1. The number of nitrogens with two attached hydrogens (primary N) is 1. The van der Waals surface area contributed by atoms with Crippen LogP contribution in [-0.2, 0) is 20.6 Å². The number of carbonyl (C=O) groups excluding carboxylic acids is 1. The third-order valence-corrected chi connectivity index (χ3v) is 9.88. The maximum absolute atomic E-state index is 13.0. The van der Waals surface area contributed by atoms with Crippen molar-refractivity contribution in [2.45, 2.75) is 83.5 Å². The van der Waals surface area contributed by atoms with Gasteiger partial charge in [0.25, 0.3) is 0 Å². The van der Waals surface area contributed by atoms with Crippen LogP contribution in [0.4, 0.5) is 10.6 Å². The summed E-state index contributed by atoms with van der Waals surface area (Å²) in [5.41, 5.74) is 10.8. The molecule has 1 aliphatic carbocycles. The number of thiazole rings is 1. The highest BCUT2D eigenvalue weighted by Gasteiger charge is 2.56. The van der Waals surface area contributed by atoms with Gasteiger partial charge in [0.15, 0.2) is 5.79 Å². The van der Waals surface area contributed by atoms with E-state index in [1.54, 1.807) is 16.2 Å². The van der Waals surface area contributed by atoms with Crippen LogP contribution in [0.1, 0.15) is 64.8 Å². The summed E-state index contributed by atoms with van der Waals surface area (Å²) in [6.07, 6.45) is 5.75. The average Bonchev–Trinajstić information content (AvgIpc) is 3.74. The Hall–Kier alpha value is -3.51. The van der Waals surface area contributed by atoms with Crippen molar-refractivity contribution < 1.29 is 19.0 Å². The lowest BCUT2D eigenvalue weighted by atomic mass is 9.91. The van der Waals surface area contributed by atoms with Crippen LogP contribution >= 0.6 is 22.9 Å². The quantitative estimate of drug-likeness (QED) is 0.179. The summed E-state index contributed by atoms with van der Waals surface area (Å²) in [7, 11) is 0. The third kappa shape index (κ3) is 6.01. The molecule has 2 fully saturated rings. The number of benzene rings is 1. The van der Waals surface area contributed by atoms with Crippen molar-refractivity contribution in [2.75, 3.05) is 18.8 Å². The summed E-state index contributed by atoms with van der Waals surface area (Å²) in [5, 5.41) is 3.72. The van der Waals surface area contributed by atoms with E-state index >= 15 is 0 Å². The zero-order chi connectivity index (χ0) is 32.4. The largest absolute Gasteiger partial charge is 0.444 e. The van der Waals surface area contributed by atoms with Gasteiger partial charge >= 0.3 is 6.09 Å². The smallest absolute Gasteiger partial charge is 0.410 e. The molecule has 1 aromatic carbocycles. The van der Waals surface area contributed by atoms with Gasteiger partial charge in [0.05, 0.1) is 23.2 Å². The summed E-state index contributed by atoms with van der Waals surface area (Å²) in [6.45, 7) is 10.7. The van der Waals surface area contributed by atoms with Gasteiger partial charge in [0.2, 0.25) is 5.28 Å². The van der Waals surface area contributed by atoms with Gasteiger partial charge in [-0.1, -0.05) is 36.4 Å². The van der Waals surface area contributed by atoms with Crippen molar-refractivity contribution in [1.29, 1.82) is 0 Å². The van der Waals surface area contributed by atoms with Gasteiger partial charge in [-0.25, -0.2) is 14.8 Å². The van der Waals surface area contributed by atoms with Crippen LogP contribution in [0.5, 0.6) is 0 Å². The van der Waals surface area contributed by atoms with Crippen molar-refractivity contribution >= 4 is 45.9 Å². The van der Waals surface area contributed by atoms with Crippen LogP contribution in [0.3, 0.4) is 0 Å². The van der Waals surface area contributed by atoms with Gasteiger partial charge in [0.1, 0.15) is 28.2 Å². The molecule has 7 rings (SSSR count). The highest BCUT2D eigenvalue weighted by Crippen LogP contribution is 2.51. The second-order valence-corrected chi connectivity index (χ2v) is 15.0. The van der Waals surface area contributed by atoms with Crippen LogP contribution in [0.2, 0.25) is 5.28 Å². The van der Waals surface area contributed by atoms with E-state index in [0.717, 1.165) is 46.5 Å². The number of carbonyl (C=O) groups is 1. The zero-order valence-electron chi connectivity index (χ0n) is 26.7. The van der Waals surface area contributed by atoms with Gasteiger partial charge in [-0.05, 0) is 70.2 Å². The molecule has 0 bridgehead atoms. The van der Waals surface area contributed by atoms with Crippen molar-refractivity contribution in [3.63, 3.8) is 0 Å². The van der Waals surface area contributed by atoms with E-state index in [1.807, 2.05) is 52.8 Å². The number of nitrogen functional groups attached to an aromatic ring is 1. The summed E-state index contributed by atoms with van der Waals surface area (Å²) in [6, 6.07) is 10.2. The monoisotopic (exact) mass is 662 g/mol. The highest BCUT2D eigenvalue weighted by atomic mass is 35.5. The Bertz CT molecular complexity index is 1810. The van der Waals surface area contributed by atoms with Gasteiger partial charge in [-0.15, -0.1) is 11.3 Å². The molecule has 1 saturated carbocycles. The molecule has 2 aliphatic heterocycles. The molecule has 3 aliphatic rings. The predicted molar refractivity (Wildman–Crippen MR) is 179 cm³/mol. The minimum absolute atomic E-state index is 0.0231. The molecule has 3 aromatic heterocycles. The first-order valence-corrected chi connectivity index (χ1v) is 17.0. The van der Waals surface area contributed by atoms with Crippen LogP contribution in [0, 0.1) is 5.92 Å². The molecule has 12 heteroatoms. The number of fused-ring (bicyclic) bond motifs is 2. The first-order chi connectivity index (χ1) is 21.8. The van der Waals surface area contributed by atoms with E-state index in [2.05, 4.69) is 39.3 Å². The average molecular weight is 663 g/mol. The number of amides is 1. The maximum Gasteiger partial charge on any atom is 0.410 e. The molecule has 0 unspecified atom stereocenters. The van der Waals surface area contributed by atoms with E-state index in [1.165, 1.54) is 5.56 Å². The predicted octanol–water partition coefficient (Wildman–Crippen LogP) is 7.03. The fourth-order valence-electron chi connectivity index (χ4n) is 6.99. The van der Waals surface area contributed by atoms with Crippen molar-refractivity contribution in [1.82, 2.24) is 24.4 Å². The zero-order valence-corrected chi connectivity index (χ0v) is 28.3. The van der Waals surface area contributed by atoms with Crippen LogP contribution in [0.15, 0.2) is 53.6 Å². The molecule has 4 aromatic rings. The highest BCUT2D eigenvalue weighted by molar-refractivity contribution is 7.13. The normalized spacial score (nSPS) is 24.3. The molecule has 242 valence electrons. The van der Waals surface area contributed by atoms with E-state index in [-0.39, 0.29) is 35.5 Å².